The quantitative estimate of drug-likeness (QED) is 0.551. The van der Waals surface area contributed by atoms with E-state index >= 15 is 0 Å². The zero-order valence-electron chi connectivity index (χ0n) is 19.2. The lowest BCUT2D eigenvalue weighted by Gasteiger charge is -2.18. The number of hydrogen-bond acceptors (Lipinski definition) is 4. The SMILES string of the molecule is Cc1ccc(S(=O)(=O)Nc2ccc(C3(C(=O)NCCCN4CCCC4=O)CC3)cc2)c(C)c1. The second-order valence-electron chi connectivity index (χ2n) is 9.13. The average molecular weight is 470 g/mol. The number of nitrogens with one attached hydrogen (secondary N) is 2. The zero-order chi connectivity index (χ0) is 23.6. The topological polar surface area (TPSA) is 95.6 Å². The Bertz CT molecular complexity index is 1150. The van der Waals surface area contributed by atoms with Crippen molar-refractivity contribution < 1.29 is 18.0 Å². The van der Waals surface area contributed by atoms with Crippen LogP contribution in [0, 0.1) is 13.8 Å². The van der Waals surface area contributed by atoms with E-state index < -0.39 is 15.4 Å². The normalized spacial score (nSPS) is 17.2. The molecule has 2 aliphatic rings. The summed E-state index contributed by atoms with van der Waals surface area (Å²) in [5.41, 5.74) is 2.53. The van der Waals surface area contributed by atoms with Gasteiger partial charge in [0.15, 0.2) is 0 Å². The van der Waals surface area contributed by atoms with Crippen LogP contribution in [0.4, 0.5) is 5.69 Å². The van der Waals surface area contributed by atoms with Crippen LogP contribution >= 0.6 is 0 Å². The zero-order valence-corrected chi connectivity index (χ0v) is 20.0. The van der Waals surface area contributed by atoms with E-state index in [1.165, 1.54) is 0 Å². The molecule has 4 rings (SSSR count). The third kappa shape index (κ3) is 5.05. The van der Waals surface area contributed by atoms with E-state index in [4.69, 9.17) is 0 Å². The molecule has 1 saturated heterocycles. The Balaban J connectivity index is 1.35. The summed E-state index contributed by atoms with van der Waals surface area (Å²) in [6.45, 7) is 5.74. The lowest BCUT2D eigenvalue weighted by atomic mass is 9.95. The van der Waals surface area contributed by atoms with Crippen LogP contribution in [0.3, 0.4) is 0 Å². The summed E-state index contributed by atoms with van der Waals surface area (Å²) < 4.78 is 28.2. The molecule has 1 saturated carbocycles. The Labute approximate surface area is 195 Å². The van der Waals surface area contributed by atoms with Crippen LogP contribution in [0.5, 0.6) is 0 Å². The van der Waals surface area contributed by atoms with Gasteiger partial charge in [-0.15, -0.1) is 0 Å². The molecule has 8 heteroatoms. The highest BCUT2D eigenvalue weighted by molar-refractivity contribution is 7.92. The molecular formula is C25H31N3O4S. The first-order valence-corrected chi connectivity index (χ1v) is 13.0. The molecular weight excluding hydrogens is 438 g/mol. The minimum Gasteiger partial charge on any atom is -0.355 e. The van der Waals surface area contributed by atoms with Crippen molar-refractivity contribution in [3.8, 4) is 0 Å². The number of rotatable bonds is 9. The molecule has 1 heterocycles. The van der Waals surface area contributed by atoms with E-state index in [1.807, 2.05) is 30.0 Å². The fraction of sp³-hybridized carbons (Fsp3) is 0.440. The van der Waals surface area contributed by atoms with Crippen LogP contribution in [0.15, 0.2) is 47.4 Å². The third-order valence-electron chi connectivity index (χ3n) is 6.56. The molecule has 0 atom stereocenters. The van der Waals surface area contributed by atoms with Gasteiger partial charge in [-0.3, -0.25) is 14.3 Å². The van der Waals surface area contributed by atoms with Gasteiger partial charge in [0.1, 0.15) is 0 Å². The first-order chi connectivity index (χ1) is 15.7. The van der Waals surface area contributed by atoms with Gasteiger partial charge in [0.25, 0.3) is 10.0 Å². The van der Waals surface area contributed by atoms with Crippen molar-refractivity contribution in [1.29, 1.82) is 0 Å². The van der Waals surface area contributed by atoms with Gasteiger partial charge in [-0.25, -0.2) is 8.42 Å². The summed E-state index contributed by atoms with van der Waals surface area (Å²) in [5, 5.41) is 3.02. The Kier molecular flexibility index (Phi) is 6.47. The van der Waals surface area contributed by atoms with Crippen molar-refractivity contribution in [3.63, 3.8) is 0 Å². The number of carbonyl (C=O) groups is 2. The van der Waals surface area contributed by atoms with Crippen molar-refractivity contribution in [2.24, 2.45) is 0 Å². The molecule has 0 spiro atoms. The maximum Gasteiger partial charge on any atom is 0.262 e. The molecule has 0 radical (unpaired) electrons. The molecule has 0 aromatic heterocycles. The van der Waals surface area contributed by atoms with Crippen LogP contribution in [-0.2, 0) is 25.0 Å². The number of likely N-dealkylation sites (tertiary alicyclic amines) is 1. The average Bonchev–Trinajstić information content (AvgIpc) is 3.48. The largest absolute Gasteiger partial charge is 0.355 e. The number of amides is 2. The maximum absolute atomic E-state index is 12.8. The molecule has 1 aliphatic heterocycles. The van der Waals surface area contributed by atoms with Gasteiger partial charge in [-0.2, -0.15) is 0 Å². The summed E-state index contributed by atoms with van der Waals surface area (Å²) in [5.74, 6) is 0.201. The Hall–Kier alpha value is -2.87. The van der Waals surface area contributed by atoms with Gasteiger partial charge < -0.3 is 10.2 Å². The van der Waals surface area contributed by atoms with Crippen LogP contribution in [0.25, 0.3) is 0 Å². The number of nitrogens with zero attached hydrogens (tertiary/aromatic N) is 1. The van der Waals surface area contributed by atoms with Crippen LogP contribution in [-0.4, -0.2) is 44.8 Å². The van der Waals surface area contributed by atoms with E-state index in [1.54, 1.807) is 31.2 Å². The van der Waals surface area contributed by atoms with Crippen molar-refractivity contribution in [3.05, 3.63) is 59.2 Å². The second-order valence-corrected chi connectivity index (χ2v) is 10.8. The van der Waals surface area contributed by atoms with Gasteiger partial charge in [0, 0.05) is 31.7 Å². The van der Waals surface area contributed by atoms with Gasteiger partial charge >= 0.3 is 0 Å². The minimum atomic E-state index is -3.69. The van der Waals surface area contributed by atoms with Gasteiger partial charge in [-0.1, -0.05) is 29.8 Å². The molecule has 2 aromatic carbocycles. The first-order valence-electron chi connectivity index (χ1n) is 11.5. The van der Waals surface area contributed by atoms with E-state index in [0.29, 0.717) is 30.8 Å². The minimum absolute atomic E-state index is 0.00106. The van der Waals surface area contributed by atoms with Crippen LogP contribution in [0.2, 0.25) is 0 Å². The number of aryl methyl sites for hydroxylation is 2. The highest BCUT2D eigenvalue weighted by Gasteiger charge is 2.51. The molecule has 7 nitrogen and oxygen atoms in total. The molecule has 2 N–H and O–H groups in total. The van der Waals surface area contributed by atoms with E-state index in [9.17, 15) is 18.0 Å². The molecule has 2 aromatic rings. The second kappa shape index (κ2) is 9.17. The summed E-state index contributed by atoms with van der Waals surface area (Å²) >= 11 is 0. The fourth-order valence-electron chi connectivity index (χ4n) is 4.52. The van der Waals surface area contributed by atoms with E-state index in [-0.39, 0.29) is 16.7 Å². The van der Waals surface area contributed by atoms with Gasteiger partial charge in [-0.05, 0) is 68.9 Å². The molecule has 2 amide bonds. The van der Waals surface area contributed by atoms with Crippen molar-refractivity contribution >= 4 is 27.5 Å². The van der Waals surface area contributed by atoms with Crippen molar-refractivity contribution in [2.75, 3.05) is 24.4 Å². The molecule has 0 bridgehead atoms. The third-order valence-corrected chi connectivity index (χ3v) is 8.10. The molecule has 1 aliphatic carbocycles. The summed E-state index contributed by atoms with van der Waals surface area (Å²) in [7, 11) is -3.69. The number of anilines is 1. The summed E-state index contributed by atoms with van der Waals surface area (Å²) in [4.78, 5) is 26.6. The van der Waals surface area contributed by atoms with Crippen molar-refractivity contribution in [1.82, 2.24) is 10.2 Å². The van der Waals surface area contributed by atoms with Crippen LogP contribution in [0.1, 0.15) is 48.8 Å². The smallest absolute Gasteiger partial charge is 0.262 e. The highest BCUT2D eigenvalue weighted by atomic mass is 32.2. The van der Waals surface area contributed by atoms with E-state index in [0.717, 1.165) is 43.4 Å². The number of sulfonamides is 1. The van der Waals surface area contributed by atoms with Gasteiger partial charge in [0.05, 0.1) is 10.3 Å². The standard InChI is InChI=1S/C25H31N3O4S/c1-18-6-11-22(19(2)17-18)33(31,32)27-21-9-7-20(8-10-21)25(12-13-25)24(30)26-14-4-16-28-15-3-5-23(28)29/h6-11,17,27H,3-5,12-16H2,1-2H3,(H,26,30). The Morgan fingerprint density at radius 2 is 1.82 bits per heavy atom. The lowest BCUT2D eigenvalue weighted by molar-refractivity contribution is -0.127. The molecule has 2 fully saturated rings. The predicted octanol–water partition coefficient (Wildman–Crippen LogP) is 3.26. The predicted molar refractivity (Wildman–Crippen MR) is 128 cm³/mol. The number of benzene rings is 2. The first kappa shape index (κ1) is 23.3. The monoisotopic (exact) mass is 469 g/mol. The number of hydrogen-bond donors (Lipinski definition) is 2. The lowest BCUT2D eigenvalue weighted by Crippen LogP contribution is -2.36. The van der Waals surface area contributed by atoms with Crippen LogP contribution < -0.4 is 10.0 Å². The maximum atomic E-state index is 12.8. The fourth-order valence-corrected chi connectivity index (χ4v) is 5.81. The highest BCUT2D eigenvalue weighted by Crippen LogP contribution is 2.48. The molecule has 0 unspecified atom stereocenters. The summed E-state index contributed by atoms with van der Waals surface area (Å²) in [6, 6.07) is 12.3. The number of carbonyl (C=O) groups excluding carboxylic acids is 2. The van der Waals surface area contributed by atoms with Crippen molar-refractivity contribution in [2.45, 2.75) is 56.3 Å². The molecule has 176 valence electrons. The molecule has 33 heavy (non-hydrogen) atoms. The van der Waals surface area contributed by atoms with E-state index in [2.05, 4.69) is 10.0 Å². The Morgan fingerprint density at radius 1 is 1.09 bits per heavy atom. The summed E-state index contributed by atoms with van der Waals surface area (Å²) in [6.07, 6.45) is 3.85. The van der Waals surface area contributed by atoms with Gasteiger partial charge in [0.2, 0.25) is 11.8 Å². The Morgan fingerprint density at radius 3 is 2.42 bits per heavy atom.